The van der Waals surface area contributed by atoms with Crippen LogP contribution in [0.15, 0.2) is 90.1 Å². The molecule has 0 bridgehead atoms. The summed E-state index contributed by atoms with van der Waals surface area (Å²) in [6.45, 7) is -0.899. The number of fused-ring (bicyclic) bond motifs is 1. The Morgan fingerprint density at radius 1 is 1.02 bits per heavy atom. The molecule has 0 spiro atoms. The Morgan fingerprint density at radius 3 is 2.38 bits per heavy atom. The first-order chi connectivity index (χ1) is 22.7. The number of pyridine rings is 1. The Hall–Kier alpha value is -6.05. The summed E-state index contributed by atoms with van der Waals surface area (Å²) in [6, 6.07) is 17.2. The lowest BCUT2D eigenvalue weighted by Gasteiger charge is -2.18. The van der Waals surface area contributed by atoms with E-state index in [2.05, 4.69) is 25.9 Å². The van der Waals surface area contributed by atoms with Crippen LogP contribution in [-0.4, -0.2) is 50.2 Å². The minimum Gasteiger partial charge on any atom is -0.480 e. The molecule has 2 aromatic heterocycles. The van der Waals surface area contributed by atoms with Crippen molar-refractivity contribution in [2.24, 2.45) is 0 Å². The zero-order valence-corrected chi connectivity index (χ0v) is 24.8. The van der Waals surface area contributed by atoms with Crippen molar-refractivity contribution in [1.82, 2.24) is 25.2 Å². The monoisotopic (exact) mass is 644 g/mol. The van der Waals surface area contributed by atoms with Gasteiger partial charge in [-0.15, -0.1) is 0 Å². The van der Waals surface area contributed by atoms with Gasteiger partial charge in [0, 0.05) is 43.8 Å². The van der Waals surface area contributed by atoms with Crippen LogP contribution in [0, 0.1) is 11.6 Å². The number of ether oxygens (including phenoxy) is 1. The van der Waals surface area contributed by atoms with Gasteiger partial charge in [0.15, 0.2) is 11.8 Å². The predicted octanol–water partition coefficient (Wildman–Crippen LogP) is 3.97. The number of imidazole rings is 1. The molecule has 5 aromatic rings. The van der Waals surface area contributed by atoms with E-state index in [1.54, 1.807) is 30.3 Å². The normalized spacial score (nSPS) is 11.5. The summed E-state index contributed by atoms with van der Waals surface area (Å²) in [6.07, 6.45) is 3.51. The molecule has 0 aliphatic carbocycles. The molecular weight excluding hydrogens is 614 g/mol. The van der Waals surface area contributed by atoms with Gasteiger partial charge in [0.25, 0.3) is 5.91 Å². The summed E-state index contributed by atoms with van der Waals surface area (Å²) >= 11 is 0. The van der Waals surface area contributed by atoms with Crippen molar-refractivity contribution in [3.63, 3.8) is 0 Å². The lowest BCUT2D eigenvalue weighted by molar-refractivity contribution is -0.139. The molecule has 5 N–H and O–H groups in total. The van der Waals surface area contributed by atoms with E-state index in [0.29, 0.717) is 12.0 Å². The third-order valence-electron chi connectivity index (χ3n) is 7.28. The smallest absolute Gasteiger partial charge is 0.408 e. The highest BCUT2D eigenvalue weighted by atomic mass is 19.1. The molecule has 0 saturated carbocycles. The number of nitrogens with one attached hydrogen (secondary N) is 4. The lowest BCUT2D eigenvalue weighted by atomic mass is 10.0. The number of nitrogens with zero attached hydrogens (tertiary/aromatic N) is 2. The maximum atomic E-state index is 16.0. The number of aromatic nitrogens is 3. The van der Waals surface area contributed by atoms with Crippen LogP contribution in [0.4, 0.5) is 19.5 Å². The Morgan fingerprint density at radius 2 is 1.72 bits per heavy atom. The number of hydrogen-bond acceptors (Lipinski definition) is 7. The molecule has 0 aliphatic rings. The van der Waals surface area contributed by atoms with E-state index in [9.17, 15) is 24.3 Å². The molecule has 2 amide bonds. The van der Waals surface area contributed by atoms with Crippen LogP contribution in [0.5, 0.6) is 0 Å². The van der Waals surface area contributed by atoms with E-state index in [1.807, 2.05) is 30.3 Å². The van der Waals surface area contributed by atoms with Crippen molar-refractivity contribution in [1.29, 1.82) is 0 Å². The number of hydrogen-bond donors (Lipinski definition) is 5. The molecule has 0 radical (unpaired) electrons. The first kappa shape index (κ1) is 32.3. The zero-order chi connectivity index (χ0) is 33.3. The molecule has 0 fully saturated rings. The number of carbonyl (C=O) groups is 3. The molecule has 3 aromatic carbocycles. The van der Waals surface area contributed by atoms with Gasteiger partial charge in [-0.25, -0.2) is 23.4 Å². The maximum absolute atomic E-state index is 16.0. The summed E-state index contributed by atoms with van der Waals surface area (Å²) in [5, 5.41) is 16.5. The molecule has 12 nitrogen and oxygen atoms in total. The Balaban J connectivity index is 1.39. The SMILES string of the molecule is O=C(NC(CNC(=O)c1cn(CCc2ccccc2)c2c(F)c(CNc3ncc[nH]3)c(F)cc2c1=O)C(=O)O)OCc1ccccc1. The Labute approximate surface area is 266 Å². The van der Waals surface area contributed by atoms with Crippen molar-refractivity contribution in [3.05, 3.63) is 129 Å². The first-order valence-corrected chi connectivity index (χ1v) is 14.5. The average Bonchev–Trinajstić information content (AvgIpc) is 3.60. The van der Waals surface area contributed by atoms with Crippen LogP contribution in [0.3, 0.4) is 0 Å². The third kappa shape index (κ3) is 7.97. The van der Waals surface area contributed by atoms with E-state index in [1.165, 1.54) is 17.0 Å². The molecule has 0 saturated heterocycles. The van der Waals surface area contributed by atoms with Gasteiger partial charge >= 0.3 is 12.1 Å². The molecule has 1 unspecified atom stereocenters. The third-order valence-corrected chi connectivity index (χ3v) is 7.28. The summed E-state index contributed by atoms with van der Waals surface area (Å²) in [4.78, 5) is 57.6. The van der Waals surface area contributed by atoms with E-state index in [4.69, 9.17) is 4.74 Å². The van der Waals surface area contributed by atoms with Crippen LogP contribution < -0.4 is 21.4 Å². The van der Waals surface area contributed by atoms with Crippen molar-refractivity contribution in [2.75, 3.05) is 11.9 Å². The number of benzene rings is 3. The van der Waals surface area contributed by atoms with E-state index in [0.717, 1.165) is 17.8 Å². The van der Waals surface area contributed by atoms with Gasteiger partial charge < -0.3 is 35.3 Å². The fraction of sp³-hybridized carbons (Fsp3) is 0.182. The minimum atomic E-state index is -1.61. The van der Waals surface area contributed by atoms with Crippen molar-refractivity contribution in [3.8, 4) is 0 Å². The molecule has 47 heavy (non-hydrogen) atoms. The fourth-order valence-electron chi connectivity index (χ4n) is 4.85. The predicted molar refractivity (Wildman–Crippen MR) is 168 cm³/mol. The summed E-state index contributed by atoms with van der Waals surface area (Å²) in [7, 11) is 0. The Bertz CT molecular complexity index is 1930. The van der Waals surface area contributed by atoms with E-state index < -0.39 is 53.2 Å². The number of amides is 2. The standard InChI is InChI=1S/C33H30F2N6O6/c34-25-15-22-28(27(35)23(25)16-39-32-36-12-13-37-32)41(14-11-20-7-3-1-4-8-20)18-24(29(22)42)30(43)38-17-26(31(44)45)40-33(46)47-19-21-9-5-2-6-10-21/h1-10,12-13,15,18,26H,11,14,16-17,19H2,(H,38,43)(H,40,46)(H,44,45)(H2,36,37,39). The van der Waals surface area contributed by atoms with Crippen molar-refractivity contribution >= 4 is 34.8 Å². The number of carboxylic acid groups (broad SMARTS) is 1. The highest BCUT2D eigenvalue weighted by Crippen LogP contribution is 2.24. The Kier molecular flexibility index (Phi) is 10.2. The van der Waals surface area contributed by atoms with E-state index in [-0.39, 0.29) is 42.1 Å². The van der Waals surface area contributed by atoms with Gasteiger partial charge in [0.1, 0.15) is 24.0 Å². The van der Waals surface area contributed by atoms with Crippen molar-refractivity contribution < 1.29 is 33.0 Å². The van der Waals surface area contributed by atoms with Gasteiger partial charge in [0.2, 0.25) is 5.43 Å². The zero-order valence-electron chi connectivity index (χ0n) is 24.8. The number of alkyl carbamates (subject to hydrolysis) is 1. The summed E-state index contributed by atoms with van der Waals surface area (Å²) in [5.41, 5.74) is -0.404. The maximum Gasteiger partial charge on any atom is 0.408 e. The second-order valence-electron chi connectivity index (χ2n) is 10.4. The van der Waals surface area contributed by atoms with Crippen LogP contribution >= 0.6 is 0 Å². The molecule has 242 valence electrons. The van der Waals surface area contributed by atoms with E-state index >= 15 is 8.78 Å². The number of anilines is 1. The summed E-state index contributed by atoms with van der Waals surface area (Å²) < 4.78 is 37.7. The molecule has 14 heteroatoms. The minimum absolute atomic E-state index is 0.112. The van der Waals surface area contributed by atoms with Crippen LogP contribution in [0.25, 0.3) is 10.9 Å². The number of aliphatic carboxylic acids is 1. The number of halogens is 2. The lowest BCUT2D eigenvalue weighted by Crippen LogP contribution is -2.49. The average molecular weight is 645 g/mol. The first-order valence-electron chi connectivity index (χ1n) is 14.5. The van der Waals surface area contributed by atoms with Gasteiger partial charge in [-0.3, -0.25) is 9.59 Å². The number of aryl methyl sites for hydroxylation is 2. The summed E-state index contributed by atoms with van der Waals surface area (Å²) in [5.74, 6) is -4.18. The van der Waals surface area contributed by atoms with Gasteiger partial charge in [-0.2, -0.15) is 0 Å². The van der Waals surface area contributed by atoms with Gasteiger partial charge in [-0.1, -0.05) is 60.7 Å². The van der Waals surface area contributed by atoms with Crippen LogP contribution in [0.1, 0.15) is 27.0 Å². The quantitative estimate of drug-likeness (QED) is 0.128. The largest absolute Gasteiger partial charge is 0.480 e. The van der Waals surface area contributed by atoms with Crippen molar-refractivity contribution in [2.45, 2.75) is 32.2 Å². The number of rotatable bonds is 13. The van der Waals surface area contributed by atoms with Crippen LogP contribution in [-0.2, 0) is 35.6 Å². The number of H-pyrrole nitrogens is 1. The molecule has 0 aliphatic heterocycles. The number of carbonyl (C=O) groups excluding carboxylic acids is 2. The molecule has 5 rings (SSSR count). The molecule has 2 heterocycles. The van der Waals surface area contributed by atoms with Gasteiger partial charge in [0.05, 0.1) is 10.9 Å². The van der Waals surface area contributed by atoms with Gasteiger partial charge in [-0.05, 0) is 23.6 Å². The highest BCUT2D eigenvalue weighted by Gasteiger charge is 2.25. The number of aromatic amines is 1. The fourth-order valence-corrected chi connectivity index (χ4v) is 4.85. The highest BCUT2D eigenvalue weighted by molar-refractivity contribution is 5.98. The second kappa shape index (κ2) is 14.8. The second-order valence-corrected chi connectivity index (χ2v) is 10.4. The number of carboxylic acids is 1. The molecule has 1 atom stereocenters. The molecular formula is C33H30F2N6O6. The van der Waals surface area contributed by atoms with Crippen LogP contribution in [0.2, 0.25) is 0 Å². The topological polar surface area (TPSA) is 167 Å².